The molecule has 2 unspecified atom stereocenters. The highest BCUT2D eigenvalue weighted by Gasteiger charge is 2.43. The van der Waals surface area contributed by atoms with E-state index < -0.39 is 0 Å². The van der Waals surface area contributed by atoms with E-state index in [1.54, 1.807) is 0 Å². The lowest BCUT2D eigenvalue weighted by atomic mass is 9.79. The second-order valence-corrected chi connectivity index (χ2v) is 21.0. The van der Waals surface area contributed by atoms with E-state index in [1.807, 2.05) is 0 Å². The summed E-state index contributed by atoms with van der Waals surface area (Å²) in [5.74, 6) is 0.913. The second-order valence-electron chi connectivity index (χ2n) is 17.9. The topological polar surface area (TPSA) is 40.5 Å². The van der Waals surface area contributed by atoms with Gasteiger partial charge in [-0.1, -0.05) is 107 Å². The molecule has 0 saturated heterocycles. The number of rotatable bonds is 6. The third kappa shape index (κ3) is 8.39. The molecule has 2 aliphatic rings. The van der Waals surface area contributed by atoms with Gasteiger partial charge in [-0.2, -0.15) is 0 Å². The van der Waals surface area contributed by atoms with Crippen molar-refractivity contribution >= 4 is 23.5 Å². The van der Waals surface area contributed by atoms with Crippen LogP contribution in [0.3, 0.4) is 0 Å². The number of hydrogen-bond donors (Lipinski definition) is 2. The number of benzene rings is 2. The number of allylic oxidation sites excluding steroid dienone is 4. The highest BCUT2D eigenvalue weighted by Crippen LogP contribution is 2.56. The van der Waals surface area contributed by atoms with Crippen LogP contribution in [-0.4, -0.2) is 19.7 Å². The van der Waals surface area contributed by atoms with Crippen molar-refractivity contribution < 1.29 is 10.2 Å². The lowest BCUT2D eigenvalue weighted by Gasteiger charge is -2.45. The molecule has 45 heavy (non-hydrogen) atoms. The van der Waals surface area contributed by atoms with Crippen LogP contribution in [0.4, 0.5) is 0 Å². The van der Waals surface area contributed by atoms with E-state index in [0.717, 1.165) is 67.2 Å². The van der Waals surface area contributed by atoms with Crippen LogP contribution < -0.4 is 0 Å². The van der Waals surface area contributed by atoms with Crippen LogP contribution in [-0.2, 0) is 21.7 Å². The first-order valence-corrected chi connectivity index (χ1v) is 18.6. The Balaban J connectivity index is 1.81. The molecule has 2 N–H and O–H groups in total. The lowest BCUT2D eigenvalue weighted by Crippen LogP contribution is -2.38. The van der Waals surface area contributed by atoms with Crippen LogP contribution in [0.25, 0.3) is 0 Å². The minimum atomic E-state index is -0.153. The van der Waals surface area contributed by atoms with Crippen molar-refractivity contribution in [2.75, 3.05) is 0 Å². The molecule has 0 saturated carbocycles. The van der Waals surface area contributed by atoms with Crippen LogP contribution in [0.15, 0.2) is 58.4 Å². The highest BCUT2D eigenvalue weighted by atomic mass is 32.2. The standard InChI is InChI=1S/C41H60O2S2/c1-36(2,3)30-23-28(24-31(34(30)42)37(4,5)6)44-40(19-15-13-16-20-40)27-41(21-17-14-18-22-41)45-29-25-32(38(7,8)9)35(43)33(26-29)39(10,11)12/h13-15,17,23-26,42-43H,16,18-22,27H2,1-12H3. The van der Waals surface area contributed by atoms with Gasteiger partial charge >= 0.3 is 0 Å². The summed E-state index contributed by atoms with van der Waals surface area (Å²) in [6.07, 6.45) is 17.3. The molecule has 0 amide bonds. The van der Waals surface area contributed by atoms with Gasteiger partial charge in [0.2, 0.25) is 0 Å². The van der Waals surface area contributed by atoms with Crippen LogP contribution in [0.2, 0.25) is 0 Å². The number of thioether (sulfide) groups is 2. The van der Waals surface area contributed by atoms with E-state index in [4.69, 9.17) is 0 Å². The Kier molecular flexibility index (Phi) is 10.2. The van der Waals surface area contributed by atoms with Crippen LogP contribution in [0.5, 0.6) is 11.5 Å². The fraction of sp³-hybridized carbons (Fsp3) is 0.610. The van der Waals surface area contributed by atoms with Crippen LogP contribution in [0.1, 0.15) is 150 Å². The normalized spacial score (nSPS) is 23.0. The summed E-state index contributed by atoms with van der Waals surface area (Å²) in [6, 6.07) is 9.12. The quantitative estimate of drug-likeness (QED) is 0.306. The molecule has 4 heteroatoms. The summed E-state index contributed by atoms with van der Waals surface area (Å²) in [5, 5.41) is 22.9. The number of hydrogen-bond acceptors (Lipinski definition) is 4. The predicted octanol–water partition coefficient (Wildman–Crippen LogP) is 12.5. The van der Waals surface area contributed by atoms with Gasteiger partial charge in [-0.15, -0.1) is 23.5 Å². The molecule has 2 aromatic carbocycles. The zero-order valence-electron chi connectivity index (χ0n) is 30.3. The van der Waals surface area contributed by atoms with Crippen molar-refractivity contribution in [3.05, 3.63) is 70.8 Å². The van der Waals surface area contributed by atoms with E-state index in [9.17, 15) is 10.2 Å². The Labute approximate surface area is 284 Å². The maximum absolute atomic E-state index is 11.5. The molecule has 0 bridgehead atoms. The van der Waals surface area contributed by atoms with Gasteiger partial charge in [-0.05, 0) is 90.9 Å². The number of phenols is 2. The summed E-state index contributed by atoms with van der Waals surface area (Å²) in [6.45, 7) is 26.5. The SMILES string of the molecule is CC(C)(C)c1cc(SC2(CC3(Sc4cc(C(C)(C)C)c(O)c(C(C)(C)C)c4)CC=CCC3)CC=CCC2)cc(C(C)(C)C)c1O. The van der Waals surface area contributed by atoms with E-state index in [2.05, 4.69) is 155 Å². The van der Waals surface area contributed by atoms with Crippen LogP contribution >= 0.6 is 23.5 Å². The zero-order valence-corrected chi connectivity index (χ0v) is 31.9. The Morgan fingerprint density at radius 2 is 0.800 bits per heavy atom. The van der Waals surface area contributed by atoms with Gasteiger partial charge in [0.15, 0.2) is 0 Å². The fourth-order valence-corrected chi connectivity index (χ4v) is 10.3. The molecule has 248 valence electrons. The van der Waals surface area contributed by atoms with Gasteiger partial charge in [0.25, 0.3) is 0 Å². The zero-order chi connectivity index (χ0) is 33.6. The smallest absolute Gasteiger partial charge is 0.123 e. The maximum atomic E-state index is 11.5. The van der Waals surface area contributed by atoms with Gasteiger partial charge in [-0.3, -0.25) is 0 Å². The molecule has 0 fully saturated rings. The van der Waals surface area contributed by atoms with Crippen molar-refractivity contribution in [2.45, 2.75) is 169 Å². The molecular formula is C41H60O2S2. The molecule has 0 heterocycles. The van der Waals surface area contributed by atoms with Crippen molar-refractivity contribution in [1.82, 2.24) is 0 Å². The van der Waals surface area contributed by atoms with Gasteiger partial charge in [0.1, 0.15) is 11.5 Å². The Morgan fingerprint density at radius 1 is 0.511 bits per heavy atom. The first kappa shape index (κ1) is 36.1. The van der Waals surface area contributed by atoms with E-state index in [0.29, 0.717) is 11.5 Å². The molecule has 0 aliphatic heterocycles. The van der Waals surface area contributed by atoms with Crippen molar-refractivity contribution in [3.8, 4) is 11.5 Å². The Morgan fingerprint density at radius 3 is 1.02 bits per heavy atom. The number of aromatic hydroxyl groups is 2. The summed E-state index contributed by atoms with van der Waals surface area (Å²) in [5.41, 5.74) is 3.54. The third-order valence-electron chi connectivity index (χ3n) is 9.56. The second kappa shape index (κ2) is 12.7. The largest absolute Gasteiger partial charge is 0.507 e. The molecule has 2 nitrogen and oxygen atoms in total. The van der Waals surface area contributed by atoms with Crippen molar-refractivity contribution in [1.29, 1.82) is 0 Å². The Bertz CT molecular complexity index is 1260. The summed E-state index contributed by atoms with van der Waals surface area (Å²) in [4.78, 5) is 2.55. The lowest BCUT2D eigenvalue weighted by molar-refractivity contribution is 0.392. The number of phenolic OH excluding ortho intramolecular Hbond substituents is 2. The van der Waals surface area contributed by atoms with E-state index in [1.165, 1.54) is 9.79 Å². The van der Waals surface area contributed by atoms with Gasteiger partial charge in [-0.25, -0.2) is 0 Å². The molecule has 4 rings (SSSR count). The maximum Gasteiger partial charge on any atom is 0.123 e. The van der Waals surface area contributed by atoms with E-state index in [-0.39, 0.29) is 31.2 Å². The predicted molar refractivity (Wildman–Crippen MR) is 199 cm³/mol. The first-order chi connectivity index (χ1) is 20.6. The summed E-state index contributed by atoms with van der Waals surface area (Å²) in [7, 11) is 0. The molecule has 0 radical (unpaired) electrons. The minimum absolute atomic E-state index is 0.0604. The Hall–Kier alpha value is -1.78. The van der Waals surface area contributed by atoms with Crippen molar-refractivity contribution in [3.63, 3.8) is 0 Å². The monoisotopic (exact) mass is 648 g/mol. The molecular weight excluding hydrogens is 589 g/mol. The molecule has 0 spiro atoms. The van der Waals surface area contributed by atoms with Crippen LogP contribution in [0, 0.1) is 0 Å². The molecule has 2 atom stereocenters. The summed E-state index contributed by atoms with van der Waals surface area (Å²) >= 11 is 4.12. The van der Waals surface area contributed by atoms with Crippen molar-refractivity contribution in [2.24, 2.45) is 0 Å². The first-order valence-electron chi connectivity index (χ1n) is 17.0. The molecule has 0 aromatic heterocycles. The molecule has 2 aromatic rings. The molecule has 2 aliphatic carbocycles. The van der Waals surface area contributed by atoms with Gasteiger partial charge in [0, 0.05) is 41.5 Å². The minimum Gasteiger partial charge on any atom is -0.507 e. The summed E-state index contributed by atoms with van der Waals surface area (Å²) < 4.78 is 0.121. The van der Waals surface area contributed by atoms with Gasteiger partial charge in [0.05, 0.1) is 0 Å². The average molecular weight is 649 g/mol. The third-order valence-corrected chi connectivity index (χ3v) is 12.4. The highest BCUT2D eigenvalue weighted by molar-refractivity contribution is 8.01. The van der Waals surface area contributed by atoms with Gasteiger partial charge < -0.3 is 10.2 Å². The van der Waals surface area contributed by atoms with E-state index >= 15 is 0 Å². The fourth-order valence-electron chi connectivity index (χ4n) is 7.02. The average Bonchev–Trinajstić information content (AvgIpc) is 2.89.